The number of rotatable bonds is 4. The summed E-state index contributed by atoms with van der Waals surface area (Å²) in [6.45, 7) is 2.64. The lowest BCUT2D eigenvalue weighted by molar-refractivity contribution is -0.384. The SMILES string of the molecule is O=C(/C=C/c1cccc2ccccc12)N1CCN(c2ccc([N+](=O)[O-])cc2)CC1. The lowest BCUT2D eigenvalue weighted by Gasteiger charge is -2.35. The molecule has 3 aromatic carbocycles. The van der Waals surface area contributed by atoms with E-state index in [2.05, 4.69) is 23.1 Å². The van der Waals surface area contributed by atoms with Crippen LogP contribution >= 0.6 is 0 Å². The van der Waals surface area contributed by atoms with Crippen LogP contribution in [-0.4, -0.2) is 41.9 Å². The van der Waals surface area contributed by atoms with E-state index in [1.807, 2.05) is 35.2 Å². The highest BCUT2D eigenvalue weighted by Gasteiger charge is 2.20. The van der Waals surface area contributed by atoms with Crippen LogP contribution in [0.1, 0.15) is 5.56 Å². The van der Waals surface area contributed by atoms with Gasteiger partial charge in [0.2, 0.25) is 5.91 Å². The van der Waals surface area contributed by atoms with Crippen LogP contribution in [0.15, 0.2) is 72.8 Å². The maximum Gasteiger partial charge on any atom is 0.269 e. The third-order valence-electron chi connectivity index (χ3n) is 5.25. The molecule has 6 heteroatoms. The van der Waals surface area contributed by atoms with Crippen LogP contribution in [0.4, 0.5) is 11.4 Å². The number of nitro groups is 1. The smallest absolute Gasteiger partial charge is 0.269 e. The molecule has 0 atom stereocenters. The molecule has 3 aromatic rings. The van der Waals surface area contributed by atoms with Crippen LogP contribution in [0.5, 0.6) is 0 Å². The van der Waals surface area contributed by atoms with Crippen LogP contribution in [0.25, 0.3) is 16.8 Å². The van der Waals surface area contributed by atoms with E-state index in [4.69, 9.17) is 0 Å². The molecule has 4 rings (SSSR count). The van der Waals surface area contributed by atoms with Crippen LogP contribution in [0.2, 0.25) is 0 Å². The number of nitro benzene ring substituents is 1. The number of nitrogens with zero attached hydrogens (tertiary/aromatic N) is 3. The van der Waals surface area contributed by atoms with Gasteiger partial charge < -0.3 is 9.80 Å². The Morgan fingerprint density at radius 1 is 0.897 bits per heavy atom. The van der Waals surface area contributed by atoms with Crippen LogP contribution in [0.3, 0.4) is 0 Å². The van der Waals surface area contributed by atoms with E-state index in [1.54, 1.807) is 18.2 Å². The van der Waals surface area contributed by atoms with Crippen molar-refractivity contribution >= 4 is 34.1 Å². The van der Waals surface area contributed by atoms with Gasteiger partial charge >= 0.3 is 0 Å². The quantitative estimate of drug-likeness (QED) is 0.384. The number of non-ortho nitro benzene ring substituents is 1. The van der Waals surface area contributed by atoms with Crippen LogP contribution in [0, 0.1) is 10.1 Å². The van der Waals surface area contributed by atoms with E-state index in [-0.39, 0.29) is 11.6 Å². The number of piperazine rings is 1. The molecule has 29 heavy (non-hydrogen) atoms. The van der Waals surface area contributed by atoms with Crippen LogP contribution in [-0.2, 0) is 4.79 Å². The normalized spacial score (nSPS) is 14.5. The Bertz CT molecular complexity index is 1060. The lowest BCUT2D eigenvalue weighted by atomic mass is 10.0. The summed E-state index contributed by atoms with van der Waals surface area (Å²) in [6, 6.07) is 20.7. The first-order chi connectivity index (χ1) is 14.1. The molecule has 146 valence electrons. The molecule has 1 aliphatic heterocycles. The number of hydrogen-bond acceptors (Lipinski definition) is 4. The van der Waals surface area contributed by atoms with Gasteiger partial charge in [0.25, 0.3) is 5.69 Å². The molecular weight excluding hydrogens is 366 g/mol. The molecule has 6 nitrogen and oxygen atoms in total. The molecule has 0 unspecified atom stereocenters. The zero-order valence-corrected chi connectivity index (χ0v) is 15.9. The third-order valence-corrected chi connectivity index (χ3v) is 5.25. The maximum atomic E-state index is 12.6. The zero-order chi connectivity index (χ0) is 20.2. The van der Waals surface area contributed by atoms with Gasteiger partial charge in [0.15, 0.2) is 0 Å². The van der Waals surface area contributed by atoms with Crippen LogP contribution < -0.4 is 4.90 Å². The van der Waals surface area contributed by atoms with E-state index in [0.29, 0.717) is 26.2 Å². The molecule has 0 bridgehead atoms. The molecule has 1 saturated heterocycles. The van der Waals surface area contributed by atoms with Crippen molar-refractivity contribution < 1.29 is 9.72 Å². The molecule has 1 fully saturated rings. The second kappa shape index (κ2) is 8.14. The van der Waals surface area contributed by atoms with Gasteiger partial charge in [-0.25, -0.2) is 0 Å². The second-order valence-corrected chi connectivity index (χ2v) is 6.99. The summed E-state index contributed by atoms with van der Waals surface area (Å²) >= 11 is 0. The standard InChI is InChI=1S/C23H21N3O3/c27-23(13-8-19-6-3-5-18-4-1-2-7-22(18)19)25-16-14-24(15-17-25)20-9-11-21(12-10-20)26(28)29/h1-13H,14-17H2/b13-8+. The highest BCUT2D eigenvalue weighted by atomic mass is 16.6. The van der Waals surface area contributed by atoms with Crippen molar-refractivity contribution in [3.63, 3.8) is 0 Å². The third kappa shape index (κ3) is 4.11. The molecule has 0 saturated carbocycles. The minimum absolute atomic E-state index is 0.00119. The number of carbonyl (C=O) groups excluding carboxylic acids is 1. The summed E-state index contributed by atoms with van der Waals surface area (Å²) in [5.41, 5.74) is 2.05. The molecule has 0 radical (unpaired) electrons. The van der Waals surface area contributed by atoms with Crippen molar-refractivity contribution in [3.05, 3.63) is 88.5 Å². The fraction of sp³-hybridized carbons (Fsp3) is 0.174. The average Bonchev–Trinajstić information content (AvgIpc) is 2.77. The predicted octanol–water partition coefficient (Wildman–Crippen LogP) is 4.11. The molecule has 1 aliphatic rings. The van der Waals surface area contributed by atoms with Crippen molar-refractivity contribution in [2.45, 2.75) is 0 Å². The minimum atomic E-state index is -0.400. The minimum Gasteiger partial charge on any atom is -0.368 e. The second-order valence-electron chi connectivity index (χ2n) is 6.99. The van der Waals surface area contributed by atoms with Gasteiger partial charge in [0, 0.05) is 50.1 Å². The monoisotopic (exact) mass is 387 g/mol. The van der Waals surface area contributed by atoms with Crippen molar-refractivity contribution in [2.24, 2.45) is 0 Å². The van der Waals surface area contributed by atoms with Gasteiger partial charge in [-0.15, -0.1) is 0 Å². The highest BCUT2D eigenvalue weighted by Crippen LogP contribution is 2.22. The Hall–Kier alpha value is -3.67. The Morgan fingerprint density at radius 2 is 1.59 bits per heavy atom. The molecule has 0 N–H and O–H groups in total. The Balaban J connectivity index is 1.38. The number of anilines is 1. The van der Waals surface area contributed by atoms with E-state index in [1.165, 1.54) is 12.1 Å². The topological polar surface area (TPSA) is 66.7 Å². The molecule has 0 spiro atoms. The fourth-order valence-electron chi connectivity index (χ4n) is 3.63. The number of hydrogen-bond donors (Lipinski definition) is 0. The lowest BCUT2D eigenvalue weighted by Crippen LogP contribution is -2.48. The summed E-state index contributed by atoms with van der Waals surface area (Å²) in [4.78, 5) is 27.0. The maximum absolute atomic E-state index is 12.6. The average molecular weight is 387 g/mol. The molecule has 1 heterocycles. The number of benzene rings is 3. The van der Waals surface area contributed by atoms with Crippen molar-refractivity contribution in [3.8, 4) is 0 Å². The van der Waals surface area contributed by atoms with Gasteiger partial charge in [-0.05, 0) is 34.5 Å². The van der Waals surface area contributed by atoms with Crippen molar-refractivity contribution in [1.29, 1.82) is 0 Å². The van der Waals surface area contributed by atoms with E-state index in [9.17, 15) is 14.9 Å². The number of amides is 1. The highest BCUT2D eigenvalue weighted by molar-refractivity contribution is 5.96. The summed E-state index contributed by atoms with van der Waals surface area (Å²) in [5.74, 6) is 0.00119. The summed E-state index contributed by atoms with van der Waals surface area (Å²) in [5, 5.41) is 13.1. The molecule has 0 aromatic heterocycles. The van der Waals surface area contributed by atoms with E-state index < -0.39 is 4.92 Å². The van der Waals surface area contributed by atoms with Crippen molar-refractivity contribution in [1.82, 2.24) is 4.90 Å². The Labute approximate surface area is 168 Å². The molecule has 0 aliphatic carbocycles. The van der Waals surface area contributed by atoms with Gasteiger partial charge in [0.05, 0.1) is 4.92 Å². The predicted molar refractivity (Wildman–Crippen MR) is 115 cm³/mol. The van der Waals surface area contributed by atoms with E-state index >= 15 is 0 Å². The number of fused-ring (bicyclic) bond motifs is 1. The van der Waals surface area contributed by atoms with Gasteiger partial charge in [-0.3, -0.25) is 14.9 Å². The van der Waals surface area contributed by atoms with Gasteiger partial charge in [-0.1, -0.05) is 42.5 Å². The first-order valence-electron chi connectivity index (χ1n) is 9.56. The first-order valence-corrected chi connectivity index (χ1v) is 9.56. The van der Waals surface area contributed by atoms with Gasteiger partial charge in [0.1, 0.15) is 0 Å². The largest absolute Gasteiger partial charge is 0.368 e. The summed E-state index contributed by atoms with van der Waals surface area (Å²) < 4.78 is 0. The zero-order valence-electron chi connectivity index (χ0n) is 15.9. The van der Waals surface area contributed by atoms with Crippen molar-refractivity contribution in [2.75, 3.05) is 31.1 Å². The summed E-state index contributed by atoms with van der Waals surface area (Å²) in [6.07, 6.45) is 3.52. The molecule has 1 amide bonds. The fourth-order valence-corrected chi connectivity index (χ4v) is 3.63. The molecular formula is C23H21N3O3. The summed E-state index contributed by atoms with van der Waals surface area (Å²) in [7, 11) is 0. The Morgan fingerprint density at radius 3 is 2.31 bits per heavy atom. The number of carbonyl (C=O) groups is 1. The van der Waals surface area contributed by atoms with E-state index in [0.717, 1.165) is 22.0 Å². The van der Waals surface area contributed by atoms with Gasteiger partial charge in [-0.2, -0.15) is 0 Å². The Kier molecular flexibility index (Phi) is 5.24. The first kappa shape index (κ1) is 18.7.